The van der Waals surface area contributed by atoms with Crippen LogP contribution < -0.4 is 9.77 Å². The number of amides is 2. The standard InChI is InChI=1S/C21H16N2O3S2/c1-11-7-5-6-10-13(11)23-19(24)15-14(12-8-3-2-4-9-12)16-18(22-21(26)28-16)27-17(15)20(23)25/h2-10,14-15,17H,1H3,(H,22,26). The number of H-pyrrole nitrogens is 1. The number of hydrogen-bond acceptors (Lipinski definition) is 5. The number of aryl methyl sites for hydroxylation is 1. The fourth-order valence-electron chi connectivity index (χ4n) is 4.09. The number of rotatable bonds is 2. The van der Waals surface area contributed by atoms with E-state index in [1.54, 1.807) is 0 Å². The number of para-hydroxylation sites is 1. The molecule has 0 bridgehead atoms. The molecule has 1 saturated heterocycles. The Hall–Kier alpha value is -2.64. The number of thiazole rings is 1. The van der Waals surface area contributed by atoms with Crippen LogP contribution in [0.25, 0.3) is 0 Å². The predicted molar refractivity (Wildman–Crippen MR) is 110 cm³/mol. The molecule has 7 heteroatoms. The van der Waals surface area contributed by atoms with Crippen molar-refractivity contribution in [1.29, 1.82) is 0 Å². The zero-order chi connectivity index (χ0) is 19.4. The first-order valence-electron chi connectivity index (χ1n) is 8.94. The van der Waals surface area contributed by atoms with Gasteiger partial charge in [0, 0.05) is 10.8 Å². The van der Waals surface area contributed by atoms with E-state index in [4.69, 9.17) is 0 Å². The molecule has 3 aromatic rings. The number of aromatic nitrogens is 1. The third-order valence-electron chi connectivity index (χ3n) is 5.34. The molecule has 3 unspecified atom stereocenters. The SMILES string of the molecule is Cc1ccccc1N1C(=O)C2Sc3[nH]c(=O)sc3C(c3ccccc3)C2C1=O. The average Bonchev–Trinajstić information content (AvgIpc) is 3.18. The summed E-state index contributed by atoms with van der Waals surface area (Å²) in [5.41, 5.74) is 2.46. The molecule has 2 aliphatic rings. The van der Waals surface area contributed by atoms with Gasteiger partial charge in [-0.15, -0.1) is 0 Å². The second kappa shape index (κ2) is 6.46. The zero-order valence-electron chi connectivity index (χ0n) is 14.9. The van der Waals surface area contributed by atoms with Gasteiger partial charge in [0.2, 0.25) is 11.8 Å². The summed E-state index contributed by atoms with van der Waals surface area (Å²) in [7, 11) is 0. The first-order chi connectivity index (χ1) is 13.6. The minimum absolute atomic E-state index is 0.158. The maximum absolute atomic E-state index is 13.5. The molecular weight excluding hydrogens is 392 g/mol. The molecule has 2 aliphatic heterocycles. The van der Waals surface area contributed by atoms with Crippen molar-refractivity contribution in [3.8, 4) is 0 Å². The van der Waals surface area contributed by atoms with Crippen LogP contribution in [0.2, 0.25) is 0 Å². The summed E-state index contributed by atoms with van der Waals surface area (Å²) in [6.07, 6.45) is 0. The van der Waals surface area contributed by atoms with Crippen molar-refractivity contribution in [2.75, 3.05) is 4.90 Å². The molecule has 3 atom stereocenters. The number of anilines is 1. The first-order valence-corrected chi connectivity index (χ1v) is 10.6. The van der Waals surface area contributed by atoms with Crippen LogP contribution in [0.3, 0.4) is 0 Å². The van der Waals surface area contributed by atoms with Gasteiger partial charge in [0.1, 0.15) is 5.25 Å². The fraction of sp³-hybridized carbons (Fsp3) is 0.190. The van der Waals surface area contributed by atoms with E-state index in [1.165, 1.54) is 16.7 Å². The summed E-state index contributed by atoms with van der Waals surface area (Å²) in [4.78, 5) is 43.7. The second-order valence-electron chi connectivity index (χ2n) is 6.96. The van der Waals surface area contributed by atoms with Gasteiger partial charge in [-0.05, 0) is 24.1 Å². The summed E-state index contributed by atoms with van der Waals surface area (Å²) < 4.78 is 0. The number of nitrogens with zero attached hydrogens (tertiary/aromatic N) is 1. The van der Waals surface area contributed by atoms with E-state index in [2.05, 4.69) is 4.98 Å². The number of aromatic amines is 1. The lowest BCUT2D eigenvalue weighted by Gasteiger charge is -2.29. The lowest BCUT2D eigenvalue weighted by molar-refractivity contribution is -0.122. The molecule has 3 heterocycles. The minimum Gasteiger partial charge on any atom is -0.307 e. The summed E-state index contributed by atoms with van der Waals surface area (Å²) in [5.74, 6) is -1.25. The molecule has 1 aromatic heterocycles. The monoisotopic (exact) mass is 408 g/mol. The Kier molecular flexibility index (Phi) is 4.03. The molecule has 28 heavy (non-hydrogen) atoms. The molecule has 5 nitrogen and oxygen atoms in total. The van der Waals surface area contributed by atoms with Gasteiger partial charge in [-0.1, -0.05) is 71.6 Å². The second-order valence-corrected chi connectivity index (χ2v) is 9.13. The maximum atomic E-state index is 13.5. The first kappa shape index (κ1) is 17.5. The van der Waals surface area contributed by atoms with E-state index >= 15 is 0 Å². The molecule has 0 radical (unpaired) electrons. The maximum Gasteiger partial charge on any atom is 0.305 e. The Labute approximate surface area is 169 Å². The van der Waals surface area contributed by atoms with E-state index < -0.39 is 11.2 Å². The van der Waals surface area contributed by atoms with Gasteiger partial charge in [-0.2, -0.15) is 0 Å². The van der Waals surface area contributed by atoms with Gasteiger partial charge >= 0.3 is 4.87 Å². The third-order valence-corrected chi connectivity index (χ3v) is 7.74. The number of benzene rings is 2. The summed E-state index contributed by atoms with van der Waals surface area (Å²) in [5, 5.41) is 0.160. The highest BCUT2D eigenvalue weighted by molar-refractivity contribution is 8.00. The largest absolute Gasteiger partial charge is 0.307 e. The highest BCUT2D eigenvalue weighted by atomic mass is 32.2. The topological polar surface area (TPSA) is 70.2 Å². The minimum atomic E-state index is -0.546. The Morgan fingerprint density at radius 2 is 1.64 bits per heavy atom. The van der Waals surface area contributed by atoms with Crippen LogP contribution in [0, 0.1) is 12.8 Å². The number of imide groups is 1. The number of carbonyl (C=O) groups excluding carboxylic acids is 2. The van der Waals surface area contributed by atoms with Crippen molar-refractivity contribution in [3.63, 3.8) is 0 Å². The molecule has 0 saturated carbocycles. The van der Waals surface area contributed by atoms with Crippen molar-refractivity contribution in [2.45, 2.75) is 23.1 Å². The Morgan fingerprint density at radius 1 is 0.929 bits per heavy atom. The Balaban J connectivity index is 1.68. The van der Waals surface area contributed by atoms with Crippen LogP contribution in [0.5, 0.6) is 0 Å². The van der Waals surface area contributed by atoms with E-state index in [-0.39, 0.29) is 22.6 Å². The molecule has 5 rings (SSSR count). The van der Waals surface area contributed by atoms with Crippen molar-refractivity contribution in [3.05, 3.63) is 80.3 Å². The van der Waals surface area contributed by atoms with Crippen LogP contribution in [0.4, 0.5) is 5.69 Å². The molecule has 0 spiro atoms. The fourth-order valence-corrected chi connectivity index (χ4v) is 6.60. The zero-order valence-corrected chi connectivity index (χ0v) is 16.5. The highest BCUT2D eigenvalue weighted by Gasteiger charge is 2.56. The highest BCUT2D eigenvalue weighted by Crippen LogP contribution is 2.53. The van der Waals surface area contributed by atoms with Crippen LogP contribution in [0.1, 0.15) is 21.9 Å². The van der Waals surface area contributed by atoms with Gasteiger partial charge in [0.15, 0.2) is 0 Å². The third kappa shape index (κ3) is 2.50. The number of thioether (sulfide) groups is 1. The van der Waals surface area contributed by atoms with E-state index in [0.717, 1.165) is 27.3 Å². The lowest BCUT2D eigenvalue weighted by atomic mass is 9.83. The molecule has 140 valence electrons. The molecule has 1 N–H and O–H groups in total. The van der Waals surface area contributed by atoms with Crippen LogP contribution in [-0.4, -0.2) is 22.0 Å². The molecule has 1 fully saturated rings. The van der Waals surface area contributed by atoms with E-state index in [9.17, 15) is 14.4 Å². The van der Waals surface area contributed by atoms with E-state index in [1.807, 2.05) is 61.5 Å². The van der Waals surface area contributed by atoms with Crippen molar-refractivity contribution < 1.29 is 9.59 Å². The quantitative estimate of drug-likeness (QED) is 0.659. The smallest absolute Gasteiger partial charge is 0.305 e. The van der Waals surface area contributed by atoms with E-state index in [0.29, 0.717) is 10.7 Å². The number of fused-ring (bicyclic) bond motifs is 2. The normalized spacial score (nSPS) is 23.6. The van der Waals surface area contributed by atoms with Gasteiger partial charge < -0.3 is 4.98 Å². The van der Waals surface area contributed by atoms with Gasteiger partial charge in [-0.3, -0.25) is 14.4 Å². The molecule has 0 aliphatic carbocycles. The summed E-state index contributed by atoms with van der Waals surface area (Å²) in [6, 6.07) is 17.1. The molecule has 2 amide bonds. The van der Waals surface area contributed by atoms with Gasteiger partial charge in [0.25, 0.3) is 0 Å². The lowest BCUT2D eigenvalue weighted by Crippen LogP contribution is -2.32. The van der Waals surface area contributed by atoms with Crippen molar-refractivity contribution >= 4 is 40.6 Å². The van der Waals surface area contributed by atoms with Crippen LogP contribution in [0.15, 0.2) is 64.4 Å². The predicted octanol–water partition coefficient (Wildman–Crippen LogP) is 3.54. The summed E-state index contributed by atoms with van der Waals surface area (Å²) in [6.45, 7) is 1.90. The van der Waals surface area contributed by atoms with Gasteiger partial charge in [-0.25, -0.2) is 4.90 Å². The number of nitrogens with one attached hydrogen (secondary N) is 1. The number of carbonyl (C=O) groups is 2. The van der Waals surface area contributed by atoms with Gasteiger partial charge in [0.05, 0.1) is 16.6 Å². The number of hydrogen-bond donors (Lipinski definition) is 1. The molecular formula is C21H16N2O3S2. The van der Waals surface area contributed by atoms with Crippen LogP contribution in [-0.2, 0) is 9.59 Å². The Morgan fingerprint density at radius 3 is 2.39 bits per heavy atom. The molecule has 2 aromatic carbocycles. The summed E-state index contributed by atoms with van der Waals surface area (Å²) >= 11 is 2.44. The van der Waals surface area contributed by atoms with Crippen molar-refractivity contribution in [2.24, 2.45) is 5.92 Å². The van der Waals surface area contributed by atoms with Crippen LogP contribution >= 0.6 is 23.1 Å². The van der Waals surface area contributed by atoms with Crippen molar-refractivity contribution in [1.82, 2.24) is 4.98 Å². The Bertz CT molecular complexity index is 1150. The average molecular weight is 409 g/mol.